The second-order valence-electron chi connectivity index (χ2n) is 8.29. The predicted octanol–water partition coefficient (Wildman–Crippen LogP) is 2.13. The molecule has 1 aliphatic heterocycles. The molecule has 0 radical (unpaired) electrons. The molecule has 30 heavy (non-hydrogen) atoms. The van der Waals surface area contributed by atoms with Crippen LogP contribution in [0.4, 0.5) is 0 Å². The van der Waals surface area contributed by atoms with Gasteiger partial charge in [-0.05, 0) is 12.0 Å². The summed E-state index contributed by atoms with van der Waals surface area (Å²) >= 11 is 0. The van der Waals surface area contributed by atoms with Crippen LogP contribution < -0.4 is 5.32 Å². The first kappa shape index (κ1) is 23.0. The molecule has 2 aliphatic rings. The summed E-state index contributed by atoms with van der Waals surface area (Å²) in [7, 11) is 0. The van der Waals surface area contributed by atoms with E-state index in [2.05, 4.69) is 17.2 Å². The number of ether oxygens (including phenoxy) is 2. The van der Waals surface area contributed by atoms with Crippen LogP contribution in [0.25, 0.3) is 0 Å². The minimum Gasteiger partial charge on any atom is -0.457 e. The monoisotopic (exact) mass is 420 g/mol. The van der Waals surface area contributed by atoms with Crippen molar-refractivity contribution in [1.29, 1.82) is 0 Å². The minimum absolute atomic E-state index is 0.292. The number of benzene rings is 1. The fourth-order valence-corrected chi connectivity index (χ4v) is 4.12. The van der Waals surface area contributed by atoms with Crippen LogP contribution >= 0.6 is 0 Å². The van der Waals surface area contributed by atoms with Crippen molar-refractivity contribution in [2.75, 3.05) is 6.54 Å². The van der Waals surface area contributed by atoms with Crippen molar-refractivity contribution in [2.45, 2.75) is 95.0 Å². The molecule has 1 aromatic carbocycles. The first-order valence-corrected chi connectivity index (χ1v) is 11.3. The minimum atomic E-state index is -1.34. The number of nitrogens with zero attached hydrogens (tertiary/aromatic N) is 1. The van der Waals surface area contributed by atoms with Crippen molar-refractivity contribution in [3.05, 3.63) is 35.9 Å². The van der Waals surface area contributed by atoms with E-state index in [1.165, 1.54) is 32.1 Å². The molecule has 2 fully saturated rings. The summed E-state index contributed by atoms with van der Waals surface area (Å²) in [6, 6.07) is 9.51. The lowest BCUT2D eigenvalue weighted by molar-refractivity contribution is -0.191. The molecule has 0 aromatic heterocycles. The smallest absolute Gasteiger partial charge is 0.285 e. The molecule has 1 aromatic rings. The number of fused-ring (bicyclic) bond motifs is 1. The zero-order chi connectivity index (χ0) is 21.3. The van der Waals surface area contributed by atoms with Crippen LogP contribution in [0.15, 0.2) is 35.3 Å². The maximum absolute atomic E-state index is 10.5. The van der Waals surface area contributed by atoms with Gasteiger partial charge < -0.3 is 30.1 Å². The fourth-order valence-electron chi connectivity index (χ4n) is 4.12. The van der Waals surface area contributed by atoms with Crippen molar-refractivity contribution in [3.63, 3.8) is 0 Å². The van der Waals surface area contributed by atoms with Gasteiger partial charge in [0.1, 0.15) is 24.4 Å². The number of hydrogen-bond donors (Lipinski definition) is 4. The van der Waals surface area contributed by atoms with E-state index in [0.717, 1.165) is 18.4 Å². The topological polar surface area (TPSA) is 104 Å². The normalized spacial score (nSPS) is 31.9. The summed E-state index contributed by atoms with van der Waals surface area (Å²) < 4.78 is 11.7. The highest BCUT2D eigenvalue weighted by molar-refractivity contribution is 5.76. The van der Waals surface area contributed by atoms with Gasteiger partial charge in [0, 0.05) is 6.54 Å². The average Bonchev–Trinajstić information content (AvgIpc) is 3.19. The van der Waals surface area contributed by atoms with Gasteiger partial charge >= 0.3 is 0 Å². The van der Waals surface area contributed by atoms with E-state index in [1.807, 2.05) is 30.3 Å². The van der Waals surface area contributed by atoms with E-state index in [-0.39, 0.29) is 0 Å². The molecule has 0 bridgehead atoms. The highest BCUT2D eigenvalue weighted by atomic mass is 16.6. The highest BCUT2D eigenvalue weighted by Crippen LogP contribution is 2.30. The summed E-state index contributed by atoms with van der Waals surface area (Å²) in [4.78, 5) is 4.47. The summed E-state index contributed by atoms with van der Waals surface area (Å²) in [5.41, 5.74) is 0.966. The zero-order valence-electron chi connectivity index (χ0n) is 17.8. The molecule has 1 heterocycles. The molecular weight excluding hydrogens is 384 g/mol. The fraction of sp³-hybridized carbons (Fsp3) is 0.696. The number of rotatable bonds is 11. The van der Waals surface area contributed by atoms with Gasteiger partial charge in [-0.3, -0.25) is 0 Å². The molecule has 168 valence electrons. The molecule has 1 saturated heterocycles. The van der Waals surface area contributed by atoms with Crippen molar-refractivity contribution in [1.82, 2.24) is 5.32 Å². The lowest BCUT2D eigenvalue weighted by Crippen LogP contribution is -2.65. The number of nitrogens with one attached hydrogen (secondary N) is 1. The lowest BCUT2D eigenvalue weighted by atomic mass is 9.83. The first-order valence-electron chi connectivity index (χ1n) is 11.3. The Balaban J connectivity index is 1.52. The number of aliphatic hydroxyl groups excluding tert-OH is 3. The molecule has 0 spiro atoms. The zero-order valence-corrected chi connectivity index (χ0v) is 17.8. The molecule has 6 atom stereocenters. The molecule has 1 aliphatic carbocycles. The van der Waals surface area contributed by atoms with E-state index in [4.69, 9.17) is 9.47 Å². The number of hydrogen-bond acceptors (Lipinski definition) is 6. The molecule has 0 unspecified atom stereocenters. The van der Waals surface area contributed by atoms with Gasteiger partial charge in [-0.2, -0.15) is 0 Å². The molecule has 7 heteroatoms. The van der Waals surface area contributed by atoms with Crippen molar-refractivity contribution >= 4 is 6.02 Å². The van der Waals surface area contributed by atoms with Crippen LogP contribution in [0.2, 0.25) is 0 Å². The Bertz CT molecular complexity index is 656. The Morgan fingerprint density at radius 2 is 1.63 bits per heavy atom. The second-order valence-corrected chi connectivity index (χ2v) is 8.29. The van der Waals surface area contributed by atoms with Gasteiger partial charge in [-0.15, -0.1) is 0 Å². The Morgan fingerprint density at radius 3 is 2.37 bits per heavy atom. The van der Waals surface area contributed by atoms with E-state index in [0.29, 0.717) is 19.2 Å². The molecule has 4 N–H and O–H groups in total. The van der Waals surface area contributed by atoms with Gasteiger partial charge in [0.15, 0.2) is 6.10 Å². The maximum atomic E-state index is 10.5. The summed E-state index contributed by atoms with van der Waals surface area (Å²) in [6.45, 7) is 3.15. The third-order valence-electron chi connectivity index (χ3n) is 5.92. The van der Waals surface area contributed by atoms with Crippen molar-refractivity contribution in [2.24, 2.45) is 4.99 Å². The largest absolute Gasteiger partial charge is 0.457 e. The molecule has 3 rings (SSSR count). The van der Waals surface area contributed by atoms with Gasteiger partial charge in [0.2, 0.25) is 0 Å². The van der Waals surface area contributed by atoms with Crippen LogP contribution in [0, 0.1) is 0 Å². The van der Waals surface area contributed by atoms with Crippen LogP contribution in [0.1, 0.15) is 57.4 Å². The third kappa shape index (κ3) is 5.94. The standard InChI is InChI=1S/C23H36N2O5/c1-2-3-4-5-6-7-11-14-24-23-25-17-21(29-15-16-12-9-8-10-13-16)19(27)18(26)20(28)22(17)30-23/h8-10,12-13,17-22,26-28H,2-7,11,14-15H2,1H3,(H,24,25)/t17-,18+,19+,20-,21+,22-/m1/s1. The summed E-state index contributed by atoms with van der Waals surface area (Å²) in [5, 5.41) is 34.3. The van der Waals surface area contributed by atoms with Gasteiger partial charge in [-0.1, -0.05) is 75.8 Å². The quantitative estimate of drug-likeness (QED) is 0.409. The number of aliphatic hydroxyl groups is 3. The first-order chi connectivity index (χ1) is 14.6. The van der Waals surface area contributed by atoms with Crippen LogP contribution in [0.3, 0.4) is 0 Å². The second kappa shape index (κ2) is 11.6. The van der Waals surface area contributed by atoms with E-state index in [1.54, 1.807) is 0 Å². The lowest BCUT2D eigenvalue weighted by Gasteiger charge is -2.41. The Labute approximate surface area is 179 Å². The highest BCUT2D eigenvalue weighted by Gasteiger charge is 2.55. The Hall–Kier alpha value is -1.67. The SMILES string of the molecule is CCCCCCCCCN=C1N[C@@H]2[C@H](OCc3ccccc3)[C@@H](O)[C@H](O)[C@@H](O)[C@@H]2O1. The number of aliphatic imine (C=N–C) groups is 1. The number of amidine groups is 1. The molecule has 7 nitrogen and oxygen atoms in total. The molecule has 1 saturated carbocycles. The van der Waals surface area contributed by atoms with Crippen molar-refractivity contribution < 1.29 is 24.8 Å². The van der Waals surface area contributed by atoms with Crippen LogP contribution in [0.5, 0.6) is 0 Å². The maximum Gasteiger partial charge on any atom is 0.285 e. The van der Waals surface area contributed by atoms with Gasteiger partial charge in [0.05, 0.1) is 12.6 Å². The van der Waals surface area contributed by atoms with Gasteiger partial charge in [-0.25, -0.2) is 4.99 Å². The molecular formula is C23H36N2O5. The summed E-state index contributed by atoms with van der Waals surface area (Å²) in [6.07, 6.45) is 3.26. The van der Waals surface area contributed by atoms with Crippen molar-refractivity contribution in [3.8, 4) is 0 Å². The predicted molar refractivity (Wildman–Crippen MR) is 115 cm³/mol. The van der Waals surface area contributed by atoms with Crippen LogP contribution in [-0.4, -0.2) is 64.4 Å². The van der Waals surface area contributed by atoms with Crippen LogP contribution in [-0.2, 0) is 16.1 Å². The Kier molecular flexibility index (Phi) is 8.93. The molecule has 0 amide bonds. The van der Waals surface area contributed by atoms with E-state index < -0.39 is 36.6 Å². The summed E-state index contributed by atoms with van der Waals surface area (Å²) in [5.74, 6) is 0. The van der Waals surface area contributed by atoms with E-state index >= 15 is 0 Å². The van der Waals surface area contributed by atoms with E-state index in [9.17, 15) is 15.3 Å². The average molecular weight is 421 g/mol. The number of unbranched alkanes of at least 4 members (excludes halogenated alkanes) is 6. The Morgan fingerprint density at radius 1 is 0.933 bits per heavy atom. The third-order valence-corrected chi connectivity index (χ3v) is 5.92. The van der Waals surface area contributed by atoms with Gasteiger partial charge in [0.25, 0.3) is 6.02 Å².